The topological polar surface area (TPSA) is 113 Å². The third kappa shape index (κ3) is 2.36. The first-order valence-electron chi connectivity index (χ1n) is 6.32. The Morgan fingerprint density at radius 2 is 1.95 bits per heavy atom. The number of likely N-dealkylation sites (tertiary alicyclic amines) is 1. The minimum Gasteiger partial charge on any atom is -0.481 e. The number of hydrogen-bond acceptors (Lipinski definition) is 3. The third-order valence-corrected chi connectivity index (χ3v) is 4.21. The van der Waals surface area contributed by atoms with E-state index in [1.54, 1.807) is 18.7 Å². The fraction of sp³-hybridized carbons (Fsp3) is 0.750. The second-order valence-corrected chi connectivity index (χ2v) is 5.89. The Labute approximate surface area is 111 Å². The van der Waals surface area contributed by atoms with Gasteiger partial charge in [-0.25, -0.2) is 4.79 Å². The van der Waals surface area contributed by atoms with Gasteiger partial charge in [-0.2, -0.15) is 0 Å². The van der Waals surface area contributed by atoms with E-state index in [4.69, 9.17) is 10.8 Å². The second kappa shape index (κ2) is 4.40. The van der Waals surface area contributed by atoms with Crippen LogP contribution < -0.4 is 11.1 Å². The molecule has 4 N–H and O–H groups in total. The van der Waals surface area contributed by atoms with E-state index in [2.05, 4.69) is 5.32 Å². The standard InChI is InChI=1S/C12H19N3O4/c1-12(2)7(8(12)10(17)18)9(16)15-4-3-6(5-15)14-11(13)19/h6-8H,3-5H2,1-2H3,(H,17,18)(H3,13,14,19)/t6?,7-,8+/m1/s1. The van der Waals surface area contributed by atoms with Crippen LogP contribution in [0.1, 0.15) is 20.3 Å². The third-order valence-electron chi connectivity index (χ3n) is 4.21. The van der Waals surface area contributed by atoms with Gasteiger partial charge < -0.3 is 21.1 Å². The first-order valence-corrected chi connectivity index (χ1v) is 6.32. The summed E-state index contributed by atoms with van der Waals surface area (Å²) >= 11 is 0. The second-order valence-electron chi connectivity index (χ2n) is 5.89. The van der Waals surface area contributed by atoms with Crippen molar-refractivity contribution in [3.8, 4) is 0 Å². The molecule has 0 aromatic rings. The van der Waals surface area contributed by atoms with Crippen molar-refractivity contribution >= 4 is 17.9 Å². The highest BCUT2D eigenvalue weighted by Crippen LogP contribution is 2.59. The molecule has 0 bridgehead atoms. The van der Waals surface area contributed by atoms with Crippen molar-refractivity contribution in [3.05, 3.63) is 0 Å². The molecule has 1 aliphatic heterocycles. The fourth-order valence-electron chi connectivity index (χ4n) is 3.04. The Kier molecular flexibility index (Phi) is 3.15. The van der Waals surface area contributed by atoms with Crippen molar-refractivity contribution < 1.29 is 19.5 Å². The van der Waals surface area contributed by atoms with E-state index in [0.717, 1.165) is 0 Å². The van der Waals surface area contributed by atoms with Crippen molar-refractivity contribution in [3.63, 3.8) is 0 Å². The molecule has 19 heavy (non-hydrogen) atoms. The maximum atomic E-state index is 12.3. The molecule has 0 aromatic heterocycles. The number of nitrogens with zero attached hydrogens (tertiary/aromatic N) is 1. The van der Waals surface area contributed by atoms with E-state index in [9.17, 15) is 14.4 Å². The summed E-state index contributed by atoms with van der Waals surface area (Å²) in [6, 6.07) is -0.735. The number of aliphatic carboxylic acids is 1. The highest BCUT2D eigenvalue weighted by atomic mass is 16.4. The molecule has 0 radical (unpaired) electrons. The minimum absolute atomic E-state index is 0.133. The van der Waals surface area contributed by atoms with Crippen LogP contribution in [0.3, 0.4) is 0 Å². The van der Waals surface area contributed by atoms with E-state index in [0.29, 0.717) is 19.5 Å². The summed E-state index contributed by atoms with van der Waals surface area (Å²) in [5, 5.41) is 11.6. The van der Waals surface area contributed by atoms with Crippen molar-refractivity contribution in [2.24, 2.45) is 23.0 Å². The Morgan fingerprint density at radius 1 is 1.32 bits per heavy atom. The lowest BCUT2D eigenvalue weighted by Crippen LogP contribution is -2.41. The monoisotopic (exact) mass is 269 g/mol. The average Bonchev–Trinajstić information content (AvgIpc) is 2.65. The number of carbonyl (C=O) groups is 3. The minimum atomic E-state index is -0.922. The number of primary amides is 1. The predicted molar refractivity (Wildman–Crippen MR) is 66.1 cm³/mol. The van der Waals surface area contributed by atoms with Crippen LogP contribution in [0.25, 0.3) is 0 Å². The Bertz CT molecular complexity index is 435. The summed E-state index contributed by atoms with van der Waals surface area (Å²) in [6.45, 7) is 4.52. The van der Waals surface area contributed by atoms with Gasteiger partial charge in [-0.15, -0.1) is 0 Å². The van der Waals surface area contributed by atoms with Crippen molar-refractivity contribution in [2.45, 2.75) is 26.3 Å². The highest BCUT2D eigenvalue weighted by Gasteiger charge is 2.66. The van der Waals surface area contributed by atoms with Gasteiger partial charge >= 0.3 is 12.0 Å². The summed E-state index contributed by atoms with van der Waals surface area (Å²) < 4.78 is 0. The zero-order chi connectivity index (χ0) is 14.4. The number of carboxylic acid groups (broad SMARTS) is 1. The first kappa shape index (κ1) is 13.6. The van der Waals surface area contributed by atoms with Gasteiger partial charge in [0.1, 0.15) is 0 Å². The Hall–Kier alpha value is -1.79. The van der Waals surface area contributed by atoms with E-state index in [1.807, 2.05) is 0 Å². The molecule has 1 unspecified atom stereocenters. The van der Waals surface area contributed by atoms with Crippen molar-refractivity contribution in [1.29, 1.82) is 0 Å². The van der Waals surface area contributed by atoms with Gasteiger partial charge in [0.2, 0.25) is 5.91 Å². The quantitative estimate of drug-likeness (QED) is 0.647. The van der Waals surface area contributed by atoms with Crippen LogP contribution >= 0.6 is 0 Å². The predicted octanol–water partition coefficient (Wildman–Crippen LogP) is -0.388. The number of carbonyl (C=O) groups excluding carboxylic acids is 2. The van der Waals surface area contributed by atoms with Crippen molar-refractivity contribution in [1.82, 2.24) is 10.2 Å². The molecular weight excluding hydrogens is 250 g/mol. The van der Waals surface area contributed by atoms with Gasteiger partial charge in [0.05, 0.1) is 11.8 Å². The smallest absolute Gasteiger partial charge is 0.312 e. The zero-order valence-corrected chi connectivity index (χ0v) is 11.0. The normalized spacial score (nSPS) is 31.9. The molecule has 1 heterocycles. The molecule has 7 nitrogen and oxygen atoms in total. The Balaban J connectivity index is 1.96. The number of rotatable bonds is 3. The molecule has 1 saturated carbocycles. The lowest BCUT2D eigenvalue weighted by molar-refractivity contribution is -0.141. The van der Waals surface area contributed by atoms with Gasteiger partial charge in [0.15, 0.2) is 0 Å². The molecule has 0 aromatic carbocycles. The van der Waals surface area contributed by atoms with Crippen LogP contribution in [0.4, 0.5) is 4.79 Å². The number of urea groups is 1. The van der Waals surface area contributed by atoms with Gasteiger partial charge in [-0.1, -0.05) is 13.8 Å². The maximum Gasteiger partial charge on any atom is 0.312 e. The zero-order valence-electron chi connectivity index (χ0n) is 11.0. The molecule has 3 atom stereocenters. The van der Waals surface area contributed by atoms with E-state index >= 15 is 0 Å². The summed E-state index contributed by atoms with van der Waals surface area (Å²) in [6.07, 6.45) is 0.652. The number of hydrogen-bond donors (Lipinski definition) is 3. The lowest BCUT2D eigenvalue weighted by atomic mass is 10.1. The summed E-state index contributed by atoms with van der Waals surface area (Å²) in [4.78, 5) is 35.7. The molecular formula is C12H19N3O4. The van der Waals surface area contributed by atoms with Crippen molar-refractivity contribution in [2.75, 3.05) is 13.1 Å². The van der Waals surface area contributed by atoms with Gasteiger partial charge in [-0.3, -0.25) is 9.59 Å². The SMILES string of the molecule is CC1(C)[C@H](C(=O)O)[C@@H]1C(=O)N1CCC(NC(N)=O)C1. The van der Waals surface area contributed by atoms with Crippen LogP contribution in [0.15, 0.2) is 0 Å². The molecule has 1 saturated heterocycles. The van der Waals surface area contributed by atoms with Crippen LogP contribution in [0.5, 0.6) is 0 Å². The van der Waals surface area contributed by atoms with Gasteiger partial charge in [0, 0.05) is 19.1 Å². The maximum absolute atomic E-state index is 12.3. The van der Waals surface area contributed by atoms with E-state index in [1.165, 1.54) is 0 Å². The fourth-order valence-corrected chi connectivity index (χ4v) is 3.04. The molecule has 106 valence electrons. The molecule has 7 heteroatoms. The van der Waals surface area contributed by atoms with Crippen LogP contribution in [0.2, 0.25) is 0 Å². The number of nitrogens with two attached hydrogens (primary N) is 1. The van der Waals surface area contributed by atoms with Gasteiger partial charge in [0.25, 0.3) is 0 Å². The van der Waals surface area contributed by atoms with Crippen LogP contribution in [-0.2, 0) is 9.59 Å². The number of amides is 3. The molecule has 2 aliphatic rings. The summed E-state index contributed by atoms with van der Waals surface area (Å²) in [5.74, 6) is -2.12. The number of carboxylic acids is 1. The molecule has 2 fully saturated rings. The first-order chi connectivity index (χ1) is 8.75. The average molecular weight is 269 g/mol. The molecule has 1 aliphatic carbocycles. The molecule has 2 rings (SSSR count). The number of nitrogens with one attached hydrogen (secondary N) is 1. The van der Waals surface area contributed by atoms with Crippen LogP contribution in [0, 0.1) is 17.3 Å². The largest absolute Gasteiger partial charge is 0.481 e. The summed E-state index contributed by atoms with van der Waals surface area (Å²) in [5.41, 5.74) is 4.55. The van der Waals surface area contributed by atoms with Gasteiger partial charge in [-0.05, 0) is 11.8 Å². The van der Waals surface area contributed by atoms with E-state index in [-0.39, 0.29) is 11.9 Å². The summed E-state index contributed by atoms with van der Waals surface area (Å²) in [7, 11) is 0. The van der Waals surface area contributed by atoms with E-state index < -0.39 is 29.3 Å². The molecule has 0 spiro atoms. The molecule has 3 amide bonds. The Morgan fingerprint density at radius 3 is 2.42 bits per heavy atom. The lowest BCUT2D eigenvalue weighted by Gasteiger charge is -2.17. The highest BCUT2D eigenvalue weighted by molar-refractivity contribution is 5.91. The van der Waals surface area contributed by atoms with Crippen LogP contribution in [-0.4, -0.2) is 47.0 Å².